The second-order valence-corrected chi connectivity index (χ2v) is 6.73. The SMILES string of the molecule is O=C(CN(Cc1ccccc1)CC1CCCO1)Nc1ccccc1Cl. The van der Waals surface area contributed by atoms with E-state index < -0.39 is 0 Å². The Balaban J connectivity index is 1.63. The summed E-state index contributed by atoms with van der Waals surface area (Å²) >= 11 is 6.12. The fraction of sp³-hybridized carbons (Fsp3) is 0.350. The standard InChI is InChI=1S/C20H23ClN2O2/c21-18-10-4-5-11-19(18)22-20(24)15-23(14-17-9-6-12-25-17)13-16-7-2-1-3-8-16/h1-5,7-8,10-11,17H,6,9,12-15H2,(H,22,24). The number of hydrogen-bond acceptors (Lipinski definition) is 3. The monoisotopic (exact) mass is 358 g/mol. The molecule has 1 N–H and O–H groups in total. The van der Waals surface area contributed by atoms with Gasteiger partial charge in [-0.3, -0.25) is 9.69 Å². The Labute approximate surface area is 153 Å². The minimum Gasteiger partial charge on any atom is -0.377 e. The van der Waals surface area contributed by atoms with Gasteiger partial charge in [0.05, 0.1) is 23.4 Å². The highest BCUT2D eigenvalue weighted by Crippen LogP contribution is 2.20. The van der Waals surface area contributed by atoms with E-state index in [0.717, 1.165) is 32.5 Å². The summed E-state index contributed by atoms with van der Waals surface area (Å²) in [7, 11) is 0. The van der Waals surface area contributed by atoms with Crippen LogP contribution in [-0.2, 0) is 16.1 Å². The van der Waals surface area contributed by atoms with E-state index in [1.165, 1.54) is 5.56 Å². The second-order valence-electron chi connectivity index (χ2n) is 6.32. The van der Waals surface area contributed by atoms with Gasteiger partial charge in [0.15, 0.2) is 0 Å². The molecule has 0 aliphatic carbocycles. The number of para-hydroxylation sites is 1. The number of carbonyl (C=O) groups is 1. The Kier molecular flexibility index (Phi) is 6.45. The molecule has 0 aromatic heterocycles. The van der Waals surface area contributed by atoms with Gasteiger partial charge in [0.25, 0.3) is 0 Å². The predicted octanol–water partition coefficient (Wildman–Crippen LogP) is 3.96. The molecule has 0 spiro atoms. The molecule has 0 bridgehead atoms. The number of carbonyl (C=O) groups excluding carboxylic acids is 1. The molecule has 4 nitrogen and oxygen atoms in total. The van der Waals surface area contributed by atoms with Gasteiger partial charge in [-0.1, -0.05) is 54.1 Å². The van der Waals surface area contributed by atoms with Gasteiger partial charge in [-0.15, -0.1) is 0 Å². The molecule has 3 rings (SSSR count). The number of nitrogens with one attached hydrogen (secondary N) is 1. The molecule has 1 amide bonds. The van der Waals surface area contributed by atoms with Crippen molar-refractivity contribution in [3.8, 4) is 0 Å². The van der Waals surface area contributed by atoms with Crippen molar-refractivity contribution in [3.63, 3.8) is 0 Å². The first kappa shape index (κ1) is 17.9. The van der Waals surface area contributed by atoms with E-state index >= 15 is 0 Å². The van der Waals surface area contributed by atoms with Crippen molar-refractivity contribution < 1.29 is 9.53 Å². The molecule has 0 radical (unpaired) electrons. The van der Waals surface area contributed by atoms with E-state index in [1.807, 2.05) is 36.4 Å². The number of benzene rings is 2. The van der Waals surface area contributed by atoms with Crippen LogP contribution in [0.4, 0.5) is 5.69 Å². The normalized spacial score (nSPS) is 17.0. The average molecular weight is 359 g/mol. The van der Waals surface area contributed by atoms with Crippen LogP contribution in [0.1, 0.15) is 18.4 Å². The Bertz CT molecular complexity index is 687. The van der Waals surface area contributed by atoms with E-state index in [0.29, 0.717) is 17.3 Å². The van der Waals surface area contributed by atoms with Crippen LogP contribution in [-0.4, -0.2) is 36.6 Å². The number of ether oxygens (including phenoxy) is 1. The van der Waals surface area contributed by atoms with E-state index in [2.05, 4.69) is 22.3 Å². The van der Waals surface area contributed by atoms with Crippen LogP contribution < -0.4 is 5.32 Å². The van der Waals surface area contributed by atoms with Crippen LogP contribution in [0.2, 0.25) is 5.02 Å². The lowest BCUT2D eigenvalue weighted by atomic mass is 10.2. The van der Waals surface area contributed by atoms with Gasteiger partial charge in [0.1, 0.15) is 0 Å². The summed E-state index contributed by atoms with van der Waals surface area (Å²) in [6, 6.07) is 17.5. The molecule has 1 heterocycles. The summed E-state index contributed by atoms with van der Waals surface area (Å²) in [5.41, 5.74) is 1.83. The van der Waals surface area contributed by atoms with Gasteiger partial charge in [0.2, 0.25) is 5.91 Å². The third kappa shape index (κ3) is 5.56. The number of rotatable bonds is 7. The summed E-state index contributed by atoms with van der Waals surface area (Å²) < 4.78 is 5.75. The van der Waals surface area contributed by atoms with Gasteiger partial charge in [-0.2, -0.15) is 0 Å². The molecule has 132 valence electrons. The van der Waals surface area contributed by atoms with E-state index in [4.69, 9.17) is 16.3 Å². The maximum Gasteiger partial charge on any atom is 0.238 e. The number of hydrogen-bond donors (Lipinski definition) is 1. The van der Waals surface area contributed by atoms with Gasteiger partial charge in [-0.05, 0) is 30.5 Å². The molecule has 2 aromatic rings. The molecule has 1 saturated heterocycles. The molecule has 1 aliphatic heterocycles. The Hall–Kier alpha value is -1.88. The largest absolute Gasteiger partial charge is 0.377 e. The van der Waals surface area contributed by atoms with Crippen LogP contribution in [0.25, 0.3) is 0 Å². The lowest BCUT2D eigenvalue weighted by Gasteiger charge is -2.25. The van der Waals surface area contributed by atoms with Crippen LogP contribution in [0.3, 0.4) is 0 Å². The topological polar surface area (TPSA) is 41.6 Å². The number of nitrogens with zero attached hydrogens (tertiary/aromatic N) is 1. The van der Waals surface area contributed by atoms with E-state index in [-0.39, 0.29) is 12.0 Å². The fourth-order valence-corrected chi connectivity index (χ4v) is 3.24. The van der Waals surface area contributed by atoms with E-state index in [1.54, 1.807) is 6.07 Å². The molecule has 1 unspecified atom stereocenters. The predicted molar refractivity (Wildman–Crippen MR) is 101 cm³/mol. The lowest BCUT2D eigenvalue weighted by molar-refractivity contribution is -0.117. The Morgan fingerprint density at radius 3 is 2.64 bits per heavy atom. The van der Waals surface area contributed by atoms with Crippen molar-refractivity contribution in [1.29, 1.82) is 0 Å². The van der Waals surface area contributed by atoms with Crippen molar-refractivity contribution in [2.75, 3.05) is 25.0 Å². The van der Waals surface area contributed by atoms with E-state index in [9.17, 15) is 4.79 Å². The zero-order valence-electron chi connectivity index (χ0n) is 14.2. The molecular formula is C20H23ClN2O2. The molecule has 0 saturated carbocycles. The van der Waals surface area contributed by atoms with Crippen LogP contribution >= 0.6 is 11.6 Å². The van der Waals surface area contributed by atoms with Crippen molar-refractivity contribution in [2.45, 2.75) is 25.5 Å². The van der Waals surface area contributed by atoms with Gasteiger partial charge in [-0.25, -0.2) is 0 Å². The van der Waals surface area contributed by atoms with Crippen LogP contribution in [0.5, 0.6) is 0 Å². The molecule has 2 aromatic carbocycles. The highest BCUT2D eigenvalue weighted by Gasteiger charge is 2.21. The summed E-state index contributed by atoms with van der Waals surface area (Å²) in [6.07, 6.45) is 2.35. The Morgan fingerprint density at radius 1 is 1.16 bits per heavy atom. The van der Waals surface area contributed by atoms with Crippen molar-refractivity contribution >= 4 is 23.2 Å². The molecule has 1 fully saturated rings. The summed E-state index contributed by atoms with van der Waals surface area (Å²) in [5.74, 6) is -0.0676. The minimum absolute atomic E-state index is 0.0676. The maximum absolute atomic E-state index is 12.5. The maximum atomic E-state index is 12.5. The number of halogens is 1. The molecular weight excluding hydrogens is 336 g/mol. The van der Waals surface area contributed by atoms with Crippen LogP contribution in [0, 0.1) is 0 Å². The average Bonchev–Trinajstić information content (AvgIpc) is 3.11. The first-order valence-electron chi connectivity index (χ1n) is 8.63. The summed E-state index contributed by atoms with van der Waals surface area (Å²) in [5, 5.41) is 3.44. The Morgan fingerprint density at radius 2 is 1.92 bits per heavy atom. The smallest absolute Gasteiger partial charge is 0.238 e. The van der Waals surface area contributed by atoms with Gasteiger partial charge >= 0.3 is 0 Å². The molecule has 1 atom stereocenters. The first-order chi connectivity index (χ1) is 12.2. The first-order valence-corrected chi connectivity index (χ1v) is 9.01. The third-order valence-electron chi connectivity index (χ3n) is 4.25. The quantitative estimate of drug-likeness (QED) is 0.814. The zero-order chi connectivity index (χ0) is 17.5. The lowest BCUT2D eigenvalue weighted by Crippen LogP contribution is -2.38. The van der Waals surface area contributed by atoms with Gasteiger partial charge in [0, 0.05) is 19.7 Å². The second kappa shape index (κ2) is 8.99. The fourth-order valence-electron chi connectivity index (χ4n) is 3.06. The third-order valence-corrected chi connectivity index (χ3v) is 4.58. The molecule has 5 heteroatoms. The summed E-state index contributed by atoms with van der Waals surface area (Å²) in [6.45, 7) is 2.59. The highest BCUT2D eigenvalue weighted by atomic mass is 35.5. The van der Waals surface area contributed by atoms with Crippen LogP contribution in [0.15, 0.2) is 54.6 Å². The minimum atomic E-state index is -0.0676. The van der Waals surface area contributed by atoms with Crippen molar-refractivity contribution in [1.82, 2.24) is 4.90 Å². The number of amides is 1. The molecule has 25 heavy (non-hydrogen) atoms. The van der Waals surface area contributed by atoms with Crippen molar-refractivity contribution in [2.24, 2.45) is 0 Å². The van der Waals surface area contributed by atoms with Gasteiger partial charge < -0.3 is 10.1 Å². The number of anilines is 1. The highest BCUT2D eigenvalue weighted by molar-refractivity contribution is 6.33. The van der Waals surface area contributed by atoms with Crippen molar-refractivity contribution in [3.05, 3.63) is 65.2 Å². The summed E-state index contributed by atoms with van der Waals surface area (Å²) in [4.78, 5) is 14.6. The molecule has 1 aliphatic rings. The zero-order valence-corrected chi connectivity index (χ0v) is 14.9.